The third-order valence-electron chi connectivity index (χ3n) is 4.71. The van der Waals surface area contributed by atoms with Crippen LogP contribution in [0.25, 0.3) is 38.6 Å². The second kappa shape index (κ2) is 6.90. The number of nitrogens with zero attached hydrogens (tertiary/aromatic N) is 6. The molecule has 1 aromatic carbocycles. The number of aromatic nitrogens is 6. The molecule has 0 aliphatic carbocycles. The molecule has 7 nitrogen and oxygen atoms in total. The van der Waals surface area contributed by atoms with E-state index in [2.05, 4.69) is 24.9 Å². The van der Waals surface area contributed by atoms with Gasteiger partial charge in [-0.3, -0.25) is 4.98 Å². The van der Waals surface area contributed by atoms with Gasteiger partial charge in [-0.05, 0) is 47.8 Å². The lowest BCUT2D eigenvalue weighted by molar-refractivity contribution is 0.629. The van der Waals surface area contributed by atoms with Gasteiger partial charge in [0, 0.05) is 35.7 Å². The van der Waals surface area contributed by atoms with Gasteiger partial charge in [-0.1, -0.05) is 6.92 Å². The van der Waals surface area contributed by atoms with Gasteiger partial charge < -0.3 is 15.3 Å². The first kappa shape index (κ1) is 17.2. The van der Waals surface area contributed by atoms with Gasteiger partial charge in [-0.25, -0.2) is 19.3 Å². The third-order valence-corrected chi connectivity index (χ3v) is 4.71. The average Bonchev–Trinajstić information content (AvgIpc) is 3.23. The fourth-order valence-electron chi connectivity index (χ4n) is 3.31. The number of pyridine rings is 2. The molecule has 0 bridgehead atoms. The molecule has 0 saturated carbocycles. The molecule has 0 aliphatic heterocycles. The van der Waals surface area contributed by atoms with Crippen molar-refractivity contribution in [3.63, 3.8) is 0 Å². The van der Waals surface area contributed by atoms with Crippen molar-refractivity contribution in [2.75, 3.05) is 0 Å². The minimum atomic E-state index is -0.324. The van der Waals surface area contributed by atoms with Crippen LogP contribution in [-0.4, -0.2) is 29.9 Å². The van der Waals surface area contributed by atoms with Gasteiger partial charge in [0.15, 0.2) is 5.65 Å². The van der Waals surface area contributed by atoms with E-state index in [9.17, 15) is 4.39 Å². The summed E-state index contributed by atoms with van der Waals surface area (Å²) in [5.74, 6) is 0.201. The topological polar surface area (TPSA) is 94.3 Å². The number of rotatable bonds is 4. The zero-order valence-corrected chi connectivity index (χ0v) is 15.4. The van der Waals surface area contributed by atoms with Crippen LogP contribution in [0.5, 0.6) is 0 Å². The van der Waals surface area contributed by atoms with Crippen LogP contribution in [0.15, 0.2) is 61.4 Å². The summed E-state index contributed by atoms with van der Waals surface area (Å²) in [6.45, 7) is 1.97. The molecule has 8 heteroatoms. The molecule has 4 aromatic heterocycles. The Morgan fingerprint density at radius 2 is 2.03 bits per heavy atom. The molecule has 0 spiro atoms. The molecule has 4 heterocycles. The standard InChI is InChI=1S/C21H15FN7/c1-12(28-21-19-20(25-10-24-19)26-11-27-21)16-7-13-4-5-15(22)8-17(13)29-18(16)14-3-2-6-23-9-14/h2-12H,1H3,(H-,24,25,26,27,28)/q-1. The fourth-order valence-corrected chi connectivity index (χ4v) is 3.31. The zero-order chi connectivity index (χ0) is 19.8. The second-order valence-electron chi connectivity index (χ2n) is 6.61. The molecule has 0 aliphatic rings. The minimum absolute atomic E-state index is 0.270. The van der Waals surface area contributed by atoms with E-state index in [1.807, 2.05) is 25.1 Å². The summed E-state index contributed by atoms with van der Waals surface area (Å²) in [6.07, 6.45) is 6.45. The van der Waals surface area contributed by atoms with Crippen molar-refractivity contribution in [3.8, 4) is 11.3 Å². The van der Waals surface area contributed by atoms with Gasteiger partial charge in [-0.2, -0.15) is 0 Å². The molecule has 0 amide bonds. The van der Waals surface area contributed by atoms with Gasteiger partial charge in [-0.15, -0.1) is 0 Å². The van der Waals surface area contributed by atoms with Gasteiger partial charge in [0.1, 0.15) is 5.82 Å². The van der Waals surface area contributed by atoms with Crippen LogP contribution < -0.4 is 0 Å². The first-order valence-corrected chi connectivity index (χ1v) is 9.04. The van der Waals surface area contributed by atoms with Crippen LogP contribution in [0, 0.1) is 5.82 Å². The molecule has 0 fully saturated rings. The predicted molar refractivity (Wildman–Crippen MR) is 108 cm³/mol. The molecule has 0 radical (unpaired) electrons. The van der Waals surface area contributed by atoms with Gasteiger partial charge in [0.25, 0.3) is 0 Å². The predicted octanol–water partition coefficient (Wildman–Crippen LogP) is 4.87. The van der Waals surface area contributed by atoms with Crippen molar-refractivity contribution in [3.05, 3.63) is 78.1 Å². The van der Waals surface area contributed by atoms with Crippen molar-refractivity contribution >= 4 is 27.9 Å². The Morgan fingerprint density at radius 1 is 1.10 bits per heavy atom. The summed E-state index contributed by atoms with van der Waals surface area (Å²) in [6, 6.07) is 10.1. The average molecular weight is 384 g/mol. The molecule has 29 heavy (non-hydrogen) atoms. The number of imidazole rings is 1. The minimum Gasteiger partial charge on any atom is -0.456 e. The monoisotopic (exact) mass is 384 g/mol. The lowest BCUT2D eigenvalue weighted by atomic mass is 9.99. The van der Waals surface area contributed by atoms with Crippen molar-refractivity contribution in [1.82, 2.24) is 29.9 Å². The number of halogens is 1. The smallest absolute Gasteiger partial charge is 0.176 e. The Kier molecular flexibility index (Phi) is 4.09. The maximum absolute atomic E-state index is 13.7. The summed E-state index contributed by atoms with van der Waals surface area (Å²) < 4.78 is 13.7. The highest BCUT2D eigenvalue weighted by Gasteiger charge is 2.14. The fraction of sp³-hybridized carbons (Fsp3) is 0.0952. The van der Waals surface area contributed by atoms with Crippen LogP contribution in [-0.2, 0) is 0 Å². The van der Waals surface area contributed by atoms with E-state index in [1.165, 1.54) is 18.5 Å². The highest BCUT2D eigenvalue weighted by atomic mass is 19.1. The Balaban J connectivity index is 1.64. The molecule has 1 unspecified atom stereocenters. The van der Waals surface area contributed by atoms with Crippen molar-refractivity contribution in [2.24, 2.45) is 0 Å². The number of H-pyrrole nitrogens is 1. The summed E-state index contributed by atoms with van der Waals surface area (Å²) in [5, 5.41) is 5.62. The zero-order valence-electron chi connectivity index (χ0n) is 15.4. The van der Waals surface area contributed by atoms with E-state index in [4.69, 9.17) is 10.3 Å². The molecule has 5 rings (SSSR count). The lowest BCUT2D eigenvalue weighted by Crippen LogP contribution is -2.00. The van der Waals surface area contributed by atoms with Gasteiger partial charge >= 0.3 is 0 Å². The summed E-state index contributed by atoms with van der Waals surface area (Å²) in [4.78, 5) is 24.5. The molecular weight excluding hydrogens is 369 g/mol. The Bertz CT molecular complexity index is 1320. The van der Waals surface area contributed by atoms with Gasteiger partial charge in [0.05, 0.1) is 23.1 Å². The van der Waals surface area contributed by atoms with E-state index in [0.29, 0.717) is 28.2 Å². The molecule has 142 valence electrons. The number of fused-ring (bicyclic) bond motifs is 2. The first-order chi connectivity index (χ1) is 14.2. The maximum atomic E-state index is 13.7. The lowest BCUT2D eigenvalue weighted by Gasteiger charge is -2.25. The normalized spacial score (nSPS) is 12.3. The van der Waals surface area contributed by atoms with E-state index >= 15 is 0 Å². The second-order valence-corrected chi connectivity index (χ2v) is 6.61. The number of hydrogen-bond acceptors (Lipinski definition) is 5. The van der Waals surface area contributed by atoms with Crippen molar-refractivity contribution in [1.29, 1.82) is 0 Å². The quantitative estimate of drug-likeness (QED) is 0.477. The molecular formula is C21H15FN7-. The van der Waals surface area contributed by atoms with Crippen LogP contribution in [0.4, 0.5) is 10.2 Å². The van der Waals surface area contributed by atoms with Gasteiger partial charge in [0.2, 0.25) is 0 Å². The Morgan fingerprint density at radius 3 is 2.90 bits per heavy atom. The number of hydrogen-bond donors (Lipinski definition) is 1. The Labute approximate surface area is 165 Å². The maximum Gasteiger partial charge on any atom is 0.176 e. The van der Waals surface area contributed by atoms with Crippen LogP contribution in [0.1, 0.15) is 18.5 Å². The largest absolute Gasteiger partial charge is 0.456 e. The molecule has 1 N–H and O–H groups in total. The Hall–Kier alpha value is -3.94. The van der Waals surface area contributed by atoms with Crippen LogP contribution in [0.2, 0.25) is 0 Å². The van der Waals surface area contributed by atoms with Crippen molar-refractivity contribution in [2.45, 2.75) is 13.0 Å². The number of benzene rings is 1. The summed E-state index contributed by atoms with van der Waals surface area (Å²) in [5.41, 5.74) is 4.26. The van der Waals surface area contributed by atoms with Crippen LogP contribution in [0.3, 0.4) is 0 Å². The third kappa shape index (κ3) is 3.14. The first-order valence-electron chi connectivity index (χ1n) is 9.04. The highest BCUT2D eigenvalue weighted by Crippen LogP contribution is 2.38. The molecule has 1 atom stereocenters. The van der Waals surface area contributed by atoms with E-state index in [0.717, 1.165) is 16.5 Å². The van der Waals surface area contributed by atoms with Crippen molar-refractivity contribution < 1.29 is 4.39 Å². The number of aromatic amines is 1. The van der Waals surface area contributed by atoms with E-state index < -0.39 is 0 Å². The highest BCUT2D eigenvalue weighted by molar-refractivity contribution is 5.86. The molecule has 5 aromatic rings. The van der Waals surface area contributed by atoms with Crippen LogP contribution >= 0.6 is 0 Å². The van der Waals surface area contributed by atoms with E-state index in [1.54, 1.807) is 24.8 Å². The number of nitrogens with one attached hydrogen (secondary N) is 1. The SMILES string of the molecule is CC([N-]c1ncnc2nc[nH]c12)c1cc2ccc(F)cc2nc1-c1cccnc1. The summed E-state index contributed by atoms with van der Waals surface area (Å²) >= 11 is 0. The van der Waals surface area contributed by atoms with E-state index in [-0.39, 0.29) is 11.9 Å². The molecule has 0 saturated heterocycles. The summed E-state index contributed by atoms with van der Waals surface area (Å²) in [7, 11) is 0.